The molecule has 0 radical (unpaired) electrons. The first-order chi connectivity index (χ1) is 32.2. The summed E-state index contributed by atoms with van der Waals surface area (Å²) in [6.45, 7) is 12.2. The summed E-state index contributed by atoms with van der Waals surface area (Å²) >= 11 is 0. The summed E-state index contributed by atoms with van der Waals surface area (Å²) in [5, 5.41) is 47.6. The standard InChI is InChI=1S/C52H80N2O14/c1-31-15-11-10-12-16-32(2)25-35(5)46(53-66-30-45(57)58)48(65-9)47(59)36(6)26-33(3)42(56)29-43(34(4)27-38-20-23-41(55)44(28-38)64-8)67-51(62)40-17-13-14-24-54(40)50(61)49(60)52(63)37(7)19-22-39(68-52)21-18-31/h10-12,15-16,26,32-35,37-41,43-44,47-48,55,59,63H,13-14,17-25,27-30H2,1-9H3,(H,57,58)/b11-10+,16-12+,31-15+,36-26+,53-46-/t32-,33-,34-,35-,37-,38+,39-,40+,41-,43+,44-,47-,48+,52-/m1/s1. The third kappa shape index (κ3) is 15.7. The SMILES string of the molecule is CO[C@@H]1C[C@H](C[C@@H](C)[C@@H]2CC(=O)[C@H](C)/C=C(\C)[C@@H](O)[C@@H](OC)/C(=N\OCC(=O)O)[C@H](C)C[C@H](C)/C=C/C=C/C=C(\C)CC[C@@H]3CC[C@@H](C)[C@@](O)(O3)C(=O)C(=O)N3CCCC[C@H]3C(=O)O2)CC[C@H]1O. The molecule has 14 atom stereocenters. The highest BCUT2D eigenvalue weighted by Gasteiger charge is 2.53. The highest BCUT2D eigenvalue weighted by molar-refractivity contribution is 6.39. The number of ether oxygens (including phenoxy) is 4. The summed E-state index contributed by atoms with van der Waals surface area (Å²) in [6, 6.07) is -1.14. The minimum atomic E-state index is -2.38. The van der Waals surface area contributed by atoms with Crippen molar-refractivity contribution in [3.63, 3.8) is 0 Å². The van der Waals surface area contributed by atoms with Gasteiger partial charge in [0.15, 0.2) is 0 Å². The molecule has 68 heavy (non-hydrogen) atoms. The van der Waals surface area contributed by atoms with Gasteiger partial charge in [0, 0.05) is 44.9 Å². The maximum absolute atomic E-state index is 14.4. The van der Waals surface area contributed by atoms with Gasteiger partial charge in [-0.05, 0) is 114 Å². The van der Waals surface area contributed by atoms with Crippen LogP contribution in [0.15, 0.2) is 52.8 Å². The number of fused-ring (bicyclic) bond motifs is 3. The van der Waals surface area contributed by atoms with Crippen molar-refractivity contribution in [1.29, 1.82) is 0 Å². The number of piperidine rings is 1. The maximum Gasteiger partial charge on any atom is 0.344 e. The lowest BCUT2D eigenvalue weighted by atomic mass is 9.78. The number of oxime groups is 1. The van der Waals surface area contributed by atoms with Crippen LogP contribution in [0.1, 0.15) is 132 Å². The molecule has 3 heterocycles. The third-order valence-electron chi connectivity index (χ3n) is 14.5. The summed E-state index contributed by atoms with van der Waals surface area (Å²) in [7, 11) is 2.97. The lowest BCUT2D eigenvalue weighted by molar-refractivity contribution is -0.263. The van der Waals surface area contributed by atoms with Crippen molar-refractivity contribution >= 4 is 35.1 Å². The normalized spacial score (nSPS) is 38.5. The zero-order valence-electron chi connectivity index (χ0n) is 41.8. The van der Waals surface area contributed by atoms with E-state index in [4.69, 9.17) is 23.8 Å². The monoisotopic (exact) mass is 957 g/mol. The largest absolute Gasteiger partial charge is 0.479 e. The number of hydrogen-bond acceptors (Lipinski definition) is 14. The third-order valence-corrected chi connectivity index (χ3v) is 14.5. The number of aliphatic hydroxyl groups is 3. The van der Waals surface area contributed by atoms with E-state index in [9.17, 15) is 44.4 Å². The number of carboxylic acids is 1. The minimum absolute atomic E-state index is 0.0138. The lowest BCUT2D eigenvalue weighted by Crippen LogP contribution is -2.60. The van der Waals surface area contributed by atoms with Crippen LogP contribution in [-0.2, 0) is 47.8 Å². The molecule has 3 fully saturated rings. The number of carbonyl (C=O) groups excluding carboxylic acids is 4. The summed E-state index contributed by atoms with van der Waals surface area (Å²) in [4.78, 5) is 74.7. The number of aliphatic carboxylic acids is 1. The van der Waals surface area contributed by atoms with Gasteiger partial charge in [0.25, 0.3) is 11.7 Å². The predicted octanol–water partition coefficient (Wildman–Crippen LogP) is 6.44. The Morgan fingerprint density at radius 3 is 2.37 bits per heavy atom. The molecule has 0 aromatic heterocycles. The summed E-state index contributed by atoms with van der Waals surface area (Å²) < 4.78 is 23.8. The van der Waals surface area contributed by atoms with Crippen LogP contribution in [0.3, 0.4) is 0 Å². The summed E-state index contributed by atoms with van der Waals surface area (Å²) in [5.74, 6) is -8.79. The van der Waals surface area contributed by atoms with Crippen molar-refractivity contribution in [2.24, 2.45) is 40.7 Å². The van der Waals surface area contributed by atoms with Gasteiger partial charge in [0.1, 0.15) is 30.1 Å². The van der Waals surface area contributed by atoms with E-state index in [1.165, 1.54) is 12.0 Å². The number of carbonyl (C=O) groups is 5. The van der Waals surface area contributed by atoms with Crippen molar-refractivity contribution in [2.75, 3.05) is 27.4 Å². The molecule has 0 aromatic carbocycles. The topological polar surface area (TPSA) is 228 Å². The second-order valence-corrected chi connectivity index (χ2v) is 20.1. The van der Waals surface area contributed by atoms with Crippen LogP contribution in [0.5, 0.6) is 0 Å². The minimum Gasteiger partial charge on any atom is -0.479 e. The number of allylic oxidation sites excluding steroid dienone is 7. The second-order valence-electron chi connectivity index (χ2n) is 20.1. The van der Waals surface area contributed by atoms with Crippen LogP contribution in [0.4, 0.5) is 0 Å². The average Bonchev–Trinajstić information content (AvgIpc) is 3.30. The molecule has 1 saturated carbocycles. The van der Waals surface area contributed by atoms with Gasteiger partial charge in [-0.1, -0.05) is 81.8 Å². The first-order valence-corrected chi connectivity index (χ1v) is 24.7. The van der Waals surface area contributed by atoms with E-state index < -0.39 is 84.4 Å². The quantitative estimate of drug-likeness (QED) is 0.0889. The molecule has 0 aromatic rings. The van der Waals surface area contributed by atoms with Crippen molar-refractivity contribution in [3.8, 4) is 0 Å². The zero-order chi connectivity index (χ0) is 50.3. The number of cyclic esters (lactones) is 1. The van der Waals surface area contributed by atoms with E-state index in [0.29, 0.717) is 81.9 Å². The molecule has 0 spiro atoms. The van der Waals surface area contributed by atoms with E-state index in [-0.39, 0.29) is 54.9 Å². The fourth-order valence-electron chi connectivity index (χ4n) is 10.1. The number of amides is 1. The Labute approximate surface area is 403 Å². The van der Waals surface area contributed by atoms with Gasteiger partial charge in [0.05, 0.1) is 24.0 Å². The molecule has 1 amide bonds. The van der Waals surface area contributed by atoms with Gasteiger partial charge in [-0.15, -0.1) is 0 Å². The number of methoxy groups -OCH3 is 2. The molecule has 4 N–H and O–H groups in total. The number of hydrogen-bond donors (Lipinski definition) is 4. The van der Waals surface area contributed by atoms with Crippen LogP contribution in [0.2, 0.25) is 0 Å². The molecule has 16 nitrogen and oxygen atoms in total. The Kier molecular flexibility index (Phi) is 22.3. The first kappa shape index (κ1) is 56.5. The van der Waals surface area contributed by atoms with Crippen molar-refractivity contribution in [1.82, 2.24) is 4.90 Å². The number of ketones is 2. The smallest absolute Gasteiger partial charge is 0.344 e. The molecule has 16 heteroatoms. The Morgan fingerprint density at radius 2 is 1.68 bits per heavy atom. The van der Waals surface area contributed by atoms with Crippen LogP contribution >= 0.6 is 0 Å². The highest BCUT2D eigenvalue weighted by Crippen LogP contribution is 2.37. The Hall–Kier alpha value is -4.06. The lowest BCUT2D eigenvalue weighted by Gasteiger charge is -2.42. The number of esters is 1. The Balaban J connectivity index is 1.72. The number of Topliss-reactive ketones (excluding diaryl/α,β-unsaturated/α-hetero) is 2. The highest BCUT2D eigenvalue weighted by atomic mass is 16.6. The maximum atomic E-state index is 14.4. The molecule has 1 aliphatic carbocycles. The number of rotatable bonds is 8. The van der Waals surface area contributed by atoms with Gasteiger partial charge < -0.3 is 49.1 Å². The van der Waals surface area contributed by atoms with Crippen LogP contribution < -0.4 is 0 Å². The van der Waals surface area contributed by atoms with Gasteiger partial charge in [0.2, 0.25) is 12.4 Å². The summed E-state index contributed by atoms with van der Waals surface area (Å²) in [6.07, 6.45) is 12.8. The molecule has 3 aliphatic heterocycles. The molecule has 4 rings (SSSR count). The van der Waals surface area contributed by atoms with Gasteiger partial charge in [-0.3, -0.25) is 14.4 Å². The second kappa shape index (κ2) is 26.8. The molecule has 382 valence electrons. The van der Waals surface area contributed by atoms with Crippen LogP contribution in [0.25, 0.3) is 0 Å². The van der Waals surface area contributed by atoms with E-state index in [0.717, 1.165) is 5.57 Å². The number of aliphatic hydroxyl groups excluding tert-OH is 2. The Morgan fingerprint density at radius 1 is 0.941 bits per heavy atom. The first-order valence-electron chi connectivity index (χ1n) is 24.7. The molecule has 2 saturated heterocycles. The zero-order valence-corrected chi connectivity index (χ0v) is 41.8. The van der Waals surface area contributed by atoms with E-state index in [1.54, 1.807) is 34.0 Å². The number of nitrogens with zero attached hydrogens (tertiary/aromatic N) is 2. The predicted molar refractivity (Wildman–Crippen MR) is 255 cm³/mol. The van der Waals surface area contributed by atoms with Gasteiger partial charge >= 0.3 is 11.9 Å². The number of carboxylic acid groups (broad SMARTS) is 1. The van der Waals surface area contributed by atoms with E-state index in [1.807, 2.05) is 58.1 Å². The van der Waals surface area contributed by atoms with E-state index >= 15 is 0 Å². The molecular weight excluding hydrogens is 877 g/mol. The Bertz CT molecular complexity index is 1880. The fraction of sp³-hybridized carbons (Fsp3) is 0.731. The van der Waals surface area contributed by atoms with Crippen LogP contribution in [0, 0.1) is 35.5 Å². The van der Waals surface area contributed by atoms with Crippen molar-refractivity contribution < 1.29 is 68.2 Å². The molecule has 0 unspecified atom stereocenters. The van der Waals surface area contributed by atoms with Crippen molar-refractivity contribution in [2.45, 2.75) is 180 Å². The van der Waals surface area contributed by atoms with Gasteiger partial charge in [-0.2, -0.15) is 0 Å². The average molecular weight is 957 g/mol. The van der Waals surface area contributed by atoms with E-state index in [2.05, 4.69) is 5.16 Å². The van der Waals surface area contributed by atoms with Crippen molar-refractivity contribution in [3.05, 3.63) is 47.6 Å². The van der Waals surface area contributed by atoms with Gasteiger partial charge in [-0.25, -0.2) is 9.59 Å². The summed E-state index contributed by atoms with van der Waals surface area (Å²) in [5.41, 5.74) is 1.73. The molecular formula is C52H80N2O14. The fourth-order valence-corrected chi connectivity index (χ4v) is 10.1. The van der Waals surface area contributed by atoms with Crippen LogP contribution in [-0.4, -0.2) is 136 Å². The molecule has 2 bridgehead atoms. The molecule has 4 aliphatic rings.